The van der Waals surface area contributed by atoms with E-state index in [-0.39, 0.29) is 24.2 Å². The Hall–Kier alpha value is -2.31. The number of nitrogens with zero attached hydrogens (tertiary/aromatic N) is 1. The molecule has 110 valence electrons. The Kier molecular flexibility index (Phi) is 5.76. The van der Waals surface area contributed by atoms with Crippen molar-refractivity contribution in [2.24, 2.45) is 0 Å². The number of ether oxygens (including phenoxy) is 1. The third-order valence-electron chi connectivity index (χ3n) is 2.32. The molecule has 0 aliphatic heterocycles. The van der Waals surface area contributed by atoms with Gasteiger partial charge in [0.25, 0.3) is 5.69 Å². The molecule has 0 radical (unpaired) electrons. The van der Waals surface area contributed by atoms with E-state index in [1.165, 1.54) is 12.1 Å². The molecule has 1 rings (SSSR count). The Morgan fingerprint density at radius 3 is 2.65 bits per heavy atom. The van der Waals surface area contributed by atoms with Gasteiger partial charge in [0, 0.05) is 23.9 Å². The molecule has 0 aliphatic rings. The first kappa shape index (κ1) is 15.7. The molecule has 0 saturated heterocycles. The van der Waals surface area contributed by atoms with Gasteiger partial charge in [-0.2, -0.15) is 0 Å². The topological polar surface area (TPSA) is 93.5 Å². The molecule has 0 heterocycles. The first-order chi connectivity index (χ1) is 9.42. The van der Waals surface area contributed by atoms with Gasteiger partial charge in [-0.3, -0.25) is 14.9 Å². The first-order valence-electron chi connectivity index (χ1n) is 6.38. The van der Waals surface area contributed by atoms with Crippen LogP contribution in [0.25, 0.3) is 0 Å². The van der Waals surface area contributed by atoms with Crippen LogP contribution < -0.4 is 15.4 Å². The molecule has 1 aromatic rings. The SMILES string of the molecule is CCOc1cc(NCC(=O)NC(C)C)cc([N+](=O)[O-])c1. The highest BCUT2D eigenvalue weighted by atomic mass is 16.6. The maximum Gasteiger partial charge on any atom is 0.275 e. The van der Waals surface area contributed by atoms with Gasteiger partial charge in [0.15, 0.2) is 0 Å². The van der Waals surface area contributed by atoms with Gasteiger partial charge in [-0.25, -0.2) is 0 Å². The van der Waals surface area contributed by atoms with Gasteiger partial charge in [0.1, 0.15) is 5.75 Å². The molecule has 20 heavy (non-hydrogen) atoms. The minimum Gasteiger partial charge on any atom is -0.494 e. The lowest BCUT2D eigenvalue weighted by atomic mass is 10.2. The fourth-order valence-corrected chi connectivity index (χ4v) is 1.60. The highest BCUT2D eigenvalue weighted by molar-refractivity contribution is 5.81. The third kappa shape index (κ3) is 5.13. The van der Waals surface area contributed by atoms with Crippen LogP contribution in [0.3, 0.4) is 0 Å². The van der Waals surface area contributed by atoms with Crippen molar-refractivity contribution in [1.29, 1.82) is 0 Å². The van der Waals surface area contributed by atoms with E-state index < -0.39 is 4.92 Å². The summed E-state index contributed by atoms with van der Waals surface area (Å²) in [5.41, 5.74) is 0.393. The van der Waals surface area contributed by atoms with Gasteiger partial charge in [-0.15, -0.1) is 0 Å². The van der Waals surface area contributed by atoms with Crippen LogP contribution >= 0.6 is 0 Å². The number of carbonyl (C=O) groups is 1. The molecule has 0 fully saturated rings. The molecule has 0 atom stereocenters. The van der Waals surface area contributed by atoms with Crippen molar-refractivity contribution in [3.05, 3.63) is 28.3 Å². The fraction of sp³-hybridized carbons (Fsp3) is 0.462. The molecule has 7 nitrogen and oxygen atoms in total. The summed E-state index contributed by atoms with van der Waals surface area (Å²) < 4.78 is 5.26. The number of benzene rings is 1. The summed E-state index contributed by atoms with van der Waals surface area (Å²) in [5.74, 6) is 0.220. The van der Waals surface area contributed by atoms with Crippen LogP contribution in [0.4, 0.5) is 11.4 Å². The number of nitro benzene ring substituents is 1. The predicted octanol–water partition coefficient (Wildman–Crippen LogP) is 1.93. The lowest BCUT2D eigenvalue weighted by Crippen LogP contribution is -2.34. The monoisotopic (exact) mass is 281 g/mol. The zero-order chi connectivity index (χ0) is 15.1. The Morgan fingerprint density at radius 2 is 2.10 bits per heavy atom. The van der Waals surface area contributed by atoms with E-state index in [1.54, 1.807) is 13.0 Å². The van der Waals surface area contributed by atoms with E-state index in [9.17, 15) is 14.9 Å². The summed E-state index contributed by atoms with van der Waals surface area (Å²) in [6, 6.07) is 4.39. The van der Waals surface area contributed by atoms with E-state index in [0.717, 1.165) is 0 Å². The minimum atomic E-state index is -0.498. The zero-order valence-corrected chi connectivity index (χ0v) is 11.8. The molecule has 0 unspecified atom stereocenters. The minimum absolute atomic E-state index is 0.0465. The molecule has 0 saturated carbocycles. The summed E-state index contributed by atoms with van der Waals surface area (Å²) in [6.07, 6.45) is 0. The second kappa shape index (κ2) is 7.32. The second-order valence-electron chi connectivity index (χ2n) is 4.48. The van der Waals surface area contributed by atoms with Crippen LogP contribution in [0.15, 0.2) is 18.2 Å². The van der Waals surface area contributed by atoms with Gasteiger partial charge >= 0.3 is 0 Å². The Morgan fingerprint density at radius 1 is 1.40 bits per heavy atom. The first-order valence-corrected chi connectivity index (χ1v) is 6.38. The largest absolute Gasteiger partial charge is 0.494 e. The van der Waals surface area contributed by atoms with Crippen LogP contribution in [0, 0.1) is 10.1 Å². The summed E-state index contributed by atoms with van der Waals surface area (Å²) in [4.78, 5) is 21.9. The van der Waals surface area contributed by atoms with Gasteiger partial charge in [0.2, 0.25) is 5.91 Å². The van der Waals surface area contributed by atoms with Crippen molar-refractivity contribution < 1.29 is 14.5 Å². The quantitative estimate of drug-likeness (QED) is 0.588. The number of hydrogen-bond acceptors (Lipinski definition) is 5. The van der Waals surface area contributed by atoms with Crippen LogP contribution in [-0.4, -0.2) is 30.0 Å². The number of carbonyl (C=O) groups excluding carboxylic acids is 1. The van der Waals surface area contributed by atoms with E-state index in [2.05, 4.69) is 10.6 Å². The highest BCUT2D eigenvalue weighted by Gasteiger charge is 2.11. The Bertz CT molecular complexity index is 489. The summed E-state index contributed by atoms with van der Waals surface area (Å²) in [5, 5.41) is 16.4. The lowest BCUT2D eigenvalue weighted by Gasteiger charge is -2.11. The van der Waals surface area contributed by atoms with Gasteiger partial charge in [-0.05, 0) is 20.8 Å². The van der Waals surface area contributed by atoms with Crippen molar-refractivity contribution in [3.63, 3.8) is 0 Å². The number of nitrogens with one attached hydrogen (secondary N) is 2. The molecule has 1 amide bonds. The number of amides is 1. The lowest BCUT2D eigenvalue weighted by molar-refractivity contribution is -0.384. The van der Waals surface area contributed by atoms with E-state index >= 15 is 0 Å². The normalized spacial score (nSPS) is 10.2. The molecule has 0 spiro atoms. The summed E-state index contributed by atoms with van der Waals surface area (Å²) in [7, 11) is 0. The average molecular weight is 281 g/mol. The van der Waals surface area contributed by atoms with E-state index in [0.29, 0.717) is 18.0 Å². The summed E-state index contributed by atoms with van der Waals surface area (Å²) >= 11 is 0. The molecular weight excluding hydrogens is 262 g/mol. The fourth-order valence-electron chi connectivity index (χ4n) is 1.60. The highest BCUT2D eigenvalue weighted by Crippen LogP contribution is 2.25. The molecule has 1 aromatic carbocycles. The van der Waals surface area contributed by atoms with Crippen LogP contribution in [0.2, 0.25) is 0 Å². The van der Waals surface area contributed by atoms with Crippen LogP contribution in [0.1, 0.15) is 20.8 Å². The van der Waals surface area contributed by atoms with Gasteiger partial charge in [0.05, 0.1) is 24.1 Å². The summed E-state index contributed by atoms with van der Waals surface area (Å²) in [6.45, 7) is 5.97. The standard InChI is InChI=1S/C13H19N3O4/c1-4-20-12-6-10(5-11(7-12)16(18)19)14-8-13(17)15-9(2)3/h5-7,9,14H,4,8H2,1-3H3,(H,15,17). The van der Waals surface area contributed by atoms with Crippen molar-refractivity contribution in [1.82, 2.24) is 5.32 Å². The number of rotatable bonds is 7. The third-order valence-corrected chi connectivity index (χ3v) is 2.32. The van der Waals surface area contributed by atoms with E-state index in [4.69, 9.17) is 4.74 Å². The molecule has 0 aromatic heterocycles. The number of non-ortho nitro benzene ring substituents is 1. The van der Waals surface area contributed by atoms with Gasteiger partial charge < -0.3 is 15.4 Å². The number of anilines is 1. The molecule has 7 heteroatoms. The van der Waals surface area contributed by atoms with Crippen molar-refractivity contribution in [3.8, 4) is 5.75 Å². The number of hydrogen-bond donors (Lipinski definition) is 2. The predicted molar refractivity (Wildman–Crippen MR) is 76.0 cm³/mol. The van der Waals surface area contributed by atoms with Gasteiger partial charge in [-0.1, -0.05) is 0 Å². The molecule has 0 aliphatic carbocycles. The second-order valence-corrected chi connectivity index (χ2v) is 4.48. The Labute approximate surface area is 117 Å². The van der Waals surface area contributed by atoms with Crippen LogP contribution in [-0.2, 0) is 4.79 Å². The van der Waals surface area contributed by atoms with Crippen molar-refractivity contribution >= 4 is 17.3 Å². The van der Waals surface area contributed by atoms with Crippen LogP contribution in [0.5, 0.6) is 5.75 Å². The average Bonchev–Trinajstić information content (AvgIpc) is 2.35. The van der Waals surface area contributed by atoms with Crippen molar-refractivity contribution in [2.45, 2.75) is 26.8 Å². The Balaban J connectivity index is 2.78. The molecular formula is C13H19N3O4. The zero-order valence-electron chi connectivity index (χ0n) is 11.8. The number of nitro groups is 1. The molecule has 0 bridgehead atoms. The van der Waals surface area contributed by atoms with E-state index in [1.807, 2.05) is 13.8 Å². The maximum absolute atomic E-state index is 11.5. The maximum atomic E-state index is 11.5. The molecule has 2 N–H and O–H groups in total. The smallest absolute Gasteiger partial charge is 0.275 e. The van der Waals surface area contributed by atoms with Crippen molar-refractivity contribution in [2.75, 3.05) is 18.5 Å².